The van der Waals surface area contributed by atoms with Gasteiger partial charge in [0.2, 0.25) is 0 Å². The molecule has 0 unspecified atom stereocenters. The van der Waals surface area contributed by atoms with Crippen molar-refractivity contribution in [3.63, 3.8) is 0 Å². The first-order valence-electron chi connectivity index (χ1n) is 7.53. The monoisotopic (exact) mass is 333 g/mol. The van der Waals surface area contributed by atoms with E-state index in [9.17, 15) is 0 Å². The van der Waals surface area contributed by atoms with Crippen LogP contribution in [0.5, 0.6) is 0 Å². The highest BCUT2D eigenvalue weighted by Gasteiger charge is 2.15. The van der Waals surface area contributed by atoms with Gasteiger partial charge in [-0.1, -0.05) is 48.5 Å². The summed E-state index contributed by atoms with van der Waals surface area (Å²) < 4.78 is 0. The number of hydrogen-bond donors (Lipinski definition) is 0. The van der Waals surface area contributed by atoms with Crippen LogP contribution in [0.1, 0.15) is 0 Å². The maximum atomic E-state index is 4.57. The van der Waals surface area contributed by atoms with Gasteiger partial charge in [0.1, 0.15) is 12.1 Å². The fourth-order valence-electron chi connectivity index (χ4n) is 2.72. The smallest absolute Gasteiger partial charge is 0.148 e. The lowest BCUT2D eigenvalue weighted by Gasteiger charge is -2.25. The Balaban J connectivity index is 0.00000169. The van der Waals surface area contributed by atoms with Crippen LogP contribution >= 0.6 is 12.4 Å². The van der Waals surface area contributed by atoms with Crippen LogP contribution in [0.2, 0.25) is 0 Å². The second-order valence-corrected chi connectivity index (χ2v) is 5.22. The van der Waals surface area contributed by atoms with Crippen molar-refractivity contribution in [2.24, 2.45) is 0 Å². The quantitative estimate of drug-likeness (QED) is 0.494. The lowest BCUT2D eigenvalue weighted by Crippen LogP contribution is -2.12. The molecule has 0 saturated carbocycles. The fourth-order valence-corrected chi connectivity index (χ4v) is 2.72. The minimum Gasteiger partial charge on any atom is -0.294 e. The first-order valence-corrected chi connectivity index (χ1v) is 7.53. The first-order chi connectivity index (χ1) is 11.4. The van der Waals surface area contributed by atoms with Gasteiger partial charge in [-0.15, -0.1) is 12.4 Å². The standard InChI is InChI=1S/C20H15N3.ClH/c1-3-9-16(10-4-1)23(17-11-5-2-6-12-17)20-18-13-7-8-14-19(18)21-15-22-20;/h1-15H;1H. The second-order valence-electron chi connectivity index (χ2n) is 5.22. The minimum atomic E-state index is 0. The van der Waals surface area contributed by atoms with Gasteiger partial charge in [0, 0.05) is 16.8 Å². The molecule has 0 amide bonds. The van der Waals surface area contributed by atoms with Crippen LogP contribution in [0.15, 0.2) is 91.3 Å². The van der Waals surface area contributed by atoms with Gasteiger partial charge in [-0.25, -0.2) is 9.97 Å². The van der Waals surface area contributed by atoms with Crippen molar-refractivity contribution in [2.75, 3.05) is 4.90 Å². The number of nitrogens with zero attached hydrogens (tertiary/aromatic N) is 3. The van der Waals surface area contributed by atoms with Crippen molar-refractivity contribution in [1.29, 1.82) is 0 Å². The highest BCUT2D eigenvalue weighted by Crippen LogP contribution is 2.36. The summed E-state index contributed by atoms with van der Waals surface area (Å²) in [5.74, 6) is 0.882. The molecule has 0 aliphatic carbocycles. The Morgan fingerprint density at radius 3 is 1.75 bits per heavy atom. The summed E-state index contributed by atoms with van der Waals surface area (Å²) in [6.45, 7) is 0. The summed E-state index contributed by atoms with van der Waals surface area (Å²) in [5, 5.41) is 1.03. The van der Waals surface area contributed by atoms with Gasteiger partial charge in [-0.05, 0) is 36.4 Å². The van der Waals surface area contributed by atoms with E-state index < -0.39 is 0 Å². The minimum absolute atomic E-state index is 0. The van der Waals surface area contributed by atoms with Crippen LogP contribution in [-0.4, -0.2) is 9.97 Å². The molecule has 1 aromatic heterocycles. The average molecular weight is 334 g/mol. The molecule has 118 valence electrons. The summed E-state index contributed by atoms with van der Waals surface area (Å²) in [7, 11) is 0. The number of para-hydroxylation sites is 3. The third kappa shape index (κ3) is 2.94. The van der Waals surface area contributed by atoms with E-state index in [0.717, 1.165) is 28.1 Å². The molecule has 0 fully saturated rings. The zero-order valence-electron chi connectivity index (χ0n) is 12.9. The van der Waals surface area contributed by atoms with Crippen LogP contribution in [0.4, 0.5) is 17.2 Å². The summed E-state index contributed by atoms with van der Waals surface area (Å²) in [5.41, 5.74) is 3.08. The Hall–Kier alpha value is -2.91. The fraction of sp³-hybridized carbons (Fsp3) is 0. The predicted octanol–water partition coefficient (Wildman–Crippen LogP) is 5.52. The van der Waals surface area contributed by atoms with Gasteiger partial charge in [0.25, 0.3) is 0 Å². The molecule has 0 aliphatic rings. The molecular formula is C20H16ClN3. The number of fused-ring (bicyclic) bond motifs is 1. The molecular weight excluding hydrogens is 318 g/mol. The van der Waals surface area contributed by atoms with E-state index in [1.165, 1.54) is 0 Å². The highest BCUT2D eigenvalue weighted by molar-refractivity contribution is 5.94. The molecule has 0 aliphatic heterocycles. The lowest BCUT2D eigenvalue weighted by atomic mass is 10.2. The van der Waals surface area contributed by atoms with Crippen LogP contribution in [0, 0.1) is 0 Å². The van der Waals surface area contributed by atoms with Crippen LogP contribution in [0.3, 0.4) is 0 Å². The van der Waals surface area contributed by atoms with Crippen LogP contribution < -0.4 is 4.90 Å². The highest BCUT2D eigenvalue weighted by atomic mass is 35.5. The average Bonchev–Trinajstić information content (AvgIpc) is 2.64. The third-order valence-corrected chi connectivity index (χ3v) is 3.76. The molecule has 0 radical (unpaired) electrons. The molecule has 0 saturated heterocycles. The van der Waals surface area contributed by atoms with Gasteiger partial charge in [-0.2, -0.15) is 0 Å². The van der Waals surface area contributed by atoms with Gasteiger partial charge < -0.3 is 0 Å². The molecule has 24 heavy (non-hydrogen) atoms. The zero-order valence-corrected chi connectivity index (χ0v) is 13.7. The Morgan fingerprint density at radius 1 is 0.583 bits per heavy atom. The number of aromatic nitrogens is 2. The maximum absolute atomic E-state index is 4.57. The van der Waals surface area contributed by atoms with Gasteiger partial charge in [0.05, 0.1) is 5.52 Å². The molecule has 0 bridgehead atoms. The Morgan fingerprint density at radius 2 is 1.12 bits per heavy atom. The third-order valence-electron chi connectivity index (χ3n) is 3.76. The van der Waals surface area contributed by atoms with Crippen molar-refractivity contribution in [2.45, 2.75) is 0 Å². The van der Waals surface area contributed by atoms with Crippen molar-refractivity contribution in [3.05, 3.63) is 91.3 Å². The zero-order chi connectivity index (χ0) is 15.5. The molecule has 0 spiro atoms. The van der Waals surface area contributed by atoms with Gasteiger partial charge in [0.15, 0.2) is 0 Å². The van der Waals surface area contributed by atoms with Gasteiger partial charge in [-0.3, -0.25) is 4.90 Å². The largest absolute Gasteiger partial charge is 0.294 e. The van der Waals surface area contributed by atoms with Gasteiger partial charge >= 0.3 is 0 Å². The number of benzene rings is 3. The first kappa shape index (κ1) is 16.0. The van der Waals surface area contributed by atoms with E-state index in [1.807, 2.05) is 54.6 Å². The Bertz CT molecular complexity index is 882. The molecule has 1 heterocycles. The number of rotatable bonds is 3. The number of halogens is 1. The van der Waals surface area contributed by atoms with E-state index >= 15 is 0 Å². The Labute approximate surface area is 147 Å². The van der Waals surface area contributed by atoms with E-state index in [0.29, 0.717) is 0 Å². The van der Waals surface area contributed by atoms with Crippen LogP contribution in [-0.2, 0) is 0 Å². The molecule has 4 heteroatoms. The summed E-state index contributed by atoms with van der Waals surface area (Å²) in [4.78, 5) is 11.1. The topological polar surface area (TPSA) is 29.0 Å². The number of anilines is 3. The van der Waals surface area contributed by atoms with E-state index in [1.54, 1.807) is 6.33 Å². The van der Waals surface area contributed by atoms with E-state index in [4.69, 9.17) is 0 Å². The Kier molecular flexibility index (Phi) is 4.73. The van der Waals surface area contributed by atoms with Crippen molar-refractivity contribution >= 4 is 40.5 Å². The normalized spacial score (nSPS) is 10.2. The number of hydrogen-bond acceptors (Lipinski definition) is 3. The molecule has 4 rings (SSSR count). The van der Waals surface area contributed by atoms with E-state index in [2.05, 4.69) is 45.2 Å². The maximum Gasteiger partial charge on any atom is 0.148 e. The van der Waals surface area contributed by atoms with Crippen LogP contribution in [0.25, 0.3) is 10.9 Å². The molecule has 4 aromatic rings. The van der Waals surface area contributed by atoms with Crippen molar-refractivity contribution in [1.82, 2.24) is 9.97 Å². The molecule has 0 N–H and O–H groups in total. The molecule has 0 atom stereocenters. The van der Waals surface area contributed by atoms with Crippen molar-refractivity contribution in [3.8, 4) is 0 Å². The van der Waals surface area contributed by atoms with Crippen molar-refractivity contribution < 1.29 is 0 Å². The summed E-state index contributed by atoms with van der Waals surface area (Å²) in [6, 6.07) is 28.6. The second kappa shape index (κ2) is 7.11. The predicted molar refractivity (Wildman–Crippen MR) is 101 cm³/mol. The molecule has 3 nitrogen and oxygen atoms in total. The van der Waals surface area contributed by atoms with E-state index in [-0.39, 0.29) is 12.4 Å². The molecule has 3 aromatic carbocycles. The SMILES string of the molecule is Cl.c1ccc(N(c2ccccc2)c2ncnc3ccccc23)cc1. The lowest BCUT2D eigenvalue weighted by molar-refractivity contribution is 1.15. The summed E-state index contributed by atoms with van der Waals surface area (Å²) >= 11 is 0. The summed E-state index contributed by atoms with van der Waals surface area (Å²) in [6.07, 6.45) is 1.62.